The molecule has 2 N–H and O–H groups in total. The quantitative estimate of drug-likeness (QED) is 0.726. The number of benzene rings is 1. The second-order valence-electron chi connectivity index (χ2n) is 4.66. The zero-order valence-electron chi connectivity index (χ0n) is 9.89. The Labute approximate surface area is 109 Å². The average molecular weight is 255 g/mol. The van der Waals surface area contributed by atoms with Crippen molar-refractivity contribution in [2.24, 2.45) is 0 Å². The lowest BCUT2D eigenvalue weighted by Gasteiger charge is -2.00. The Hall–Kier alpha value is -1.81. The van der Waals surface area contributed by atoms with E-state index in [1.807, 2.05) is 18.2 Å². The molecule has 0 spiro atoms. The van der Waals surface area contributed by atoms with Crippen LogP contribution in [0, 0.1) is 0 Å². The molecule has 0 saturated heterocycles. The Morgan fingerprint density at radius 2 is 2.00 bits per heavy atom. The van der Waals surface area contributed by atoms with Crippen molar-refractivity contribution in [2.75, 3.05) is 5.73 Å². The summed E-state index contributed by atoms with van der Waals surface area (Å²) in [7, 11) is 0. The minimum Gasteiger partial charge on any atom is -0.383 e. The van der Waals surface area contributed by atoms with E-state index in [1.165, 1.54) is 23.4 Å². The summed E-state index contributed by atoms with van der Waals surface area (Å²) in [5.41, 5.74) is 9.68. The summed E-state index contributed by atoms with van der Waals surface area (Å²) in [5.74, 6) is 0.788. The first-order valence-electron chi connectivity index (χ1n) is 6.18. The van der Waals surface area contributed by atoms with Crippen LogP contribution in [0.1, 0.15) is 17.0 Å². The maximum atomic E-state index is 6.30. The van der Waals surface area contributed by atoms with Crippen molar-refractivity contribution in [3.63, 3.8) is 0 Å². The van der Waals surface area contributed by atoms with Crippen LogP contribution >= 0.6 is 11.3 Å². The molecule has 0 unspecified atom stereocenters. The number of aryl methyl sites for hydroxylation is 2. The third kappa shape index (κ3) is 1.26. The first kappa shape index (κ1) is 10.1. The van der Waals surface area contributed by atoms with Gasteiger partial charge in [-0.3, -0.25) is 4.40 Å². The predicted octanol–water partition coefficient (Wildman–Crippen LogP) is 3.13. The number of anilines is 1. The fraction of sp³-hybridized carbons (Fsp3) is 0.214. The highest BCUT2D eigenvalue weighted by atomic mass is 32.1. The van der Waals surface area contributed by atoms with Gasteiger partial charge in [0.2, 0.25) is 0 Å². The number of nitrogens with zero attached hydrogens (tertiary/aromatic N) is 2. The molecule has 1 aromatic carbocycles. The first-order chi connectivity index (χ1) is 8.84. The van der Waals surface area contributed by atoms with E-state index in [0.717, 1.165) is 28.5 Å². The second kappa shape index (κ2) is 3.59. The molecular formula is C14H13N3S. The summed E-state index contributed by atoms with van der Waals surface area (Å²) in [5, 5.41) is 0. The number of hydrogen-bond acceptors (Lipinski definition) is 3. The largest absolute Gasteiger partial charge is 0.383 e. The normalized spacial score (nSPS) is 14.2. The Bertz CT molecular complexity index is 724. The van der Waals surface area contributed by atoms with Crippen LogP contribution < -0.4 is 5.73 Å². The van der Waals surface area contributed by atoms with E-state index in [4.69, 9.17) is 10.7 Å². The van der Waals surface area contributed by atoms with Crippen LogP contribution in [0.3, 0.4) is 0 Å². The number of nitrogen functional groups attached to an aromatic ring is 1. The number of nitrogens with two attached hydrogens (primary N) is 1. The molecule has 0 amide bonds. The Morgan fingerprint density at radius 3 is 2.83 bits per heavy atom. The molecule has 0 bridgehead atoms. The topological polar surface area (TPSA) is 43.3 Å². The molecule has 2 aromatic heterocycles. The Kier molecular flexibility index (Phi) is 2.02. The Morgan fingerprint density at radius 1 is 1.17 bits per heavy atom. The van der Waals surface area contributed by atoms with Gasteiger partial charge in [0.15, 0.2) is 4.96 Å². The van der Waals surface area contributed by atoms with Gasteiger partial charge in [0, 0.05) is 16.1 Å². The van der Waals surface area contributed by atoms with Crippen LogP contribution in [-0.4, -0.2) is 9.38 Å². The molecule has 18 heavy (non-hydrogen) atoms. The van der Waals surface area contributed by atoms with Gasteiger partial charge in [-0.05, 0) is 19.3 Å². The maximum absolute atomic E-state index is 6.30. The van der Waals surface area contributed by atoms with Crippen molar-refractivity contribution in [2.45, 2.75) is 19.3 Å². The van der Waals surface area contributed by atoms with Crippen LogP contribution in [0.5, 0.6) is 0 Å². The number of hydrogen-bond donors (Lipinski definition) is 1. The molecule has 3 nitrogen and oxygen atoms in total. The highest BCUT2D eigenvalue weighted by Crippen LogP contribution is 2.36. The number of rotatable bonds is 1. The monoisotopic (exact) mass is 255 g/mol. The van der Waals surface area contributed by atoms with Gasteiger partial charge in [0.05, 0.1) is 0 Å². The molecule has 3 aromatic rings. The smallest absolute Gasteiger partial charge is 0.196 e. The van der Waals surface area contributed by atoms with Crippen molar-refractivity contribution in [3.8, 4) is 11.3 Å². The summed E-state index contributed by atoms with van der Waals surface area (Å²) >= 11 is 1.79. The number of fused-ring (bicyclic) bond motifs is 3. The average Bonchev–Trinajstić information content (AvgIpc) is 3.02. The minimum absolute atomic E-state index is 0.788. The number of thiazole rings is 1. The number of imidazole rings is 1. The summed E-state index contributed by atoms with van der Waals surface area (Å²) in [4.78, 5) is 7.20. The third-order valence-electron chi connectivity index (χ3n) is 3.55. The van der Waals surface area contributed by atoms with Crippen molar-refractivity contribution in [1.29, 1.82) is 0 Å². The van der Waals surface area contributed by atoms with Crippen molar-refractivity contribution >= 4 is 22.1 Å². The van der Waals surface area contributed by atoms with Crippen molar-refractivity contribution in [3.05, 3.63) is 40.9 Å². The zero-order valence-corrected chi connectivity index (χ0v) is 10.7. The summed E-state index contributed by atoms with van der Waals surface area (Å²) < 4.78 is 2.15. The lowest BCUT2D eigenvalue weighted by atomic mass is 10.1. The minimum atomic E-state index is 0.788. The molecule has 0 radical (unpaired) electrons. The van der Waals surface area contributed by atoms with Gasteiger partial charge in [-0.15, -0.1) is 11.3 Å². The van der Waals surface area contributed by atoms with Gasteiger partial charge in [-0.2, -0.15) is 0 Å². The fourth-order valence-corrected chi connectivity index (χ4v) is 3.92. The summed E-state index contributed by atoms with van der Waals surface area (Å²) in [6.07, 6.45) is 3.56. The number of aromatic nitrogens is 2. The van der Waals surface area contributed by atoms with Crippen molar-refractivity contribution < 1.29 is 0 Å². The van der Waals surface area contributed by atoms with Crippen LogP contribution in [0.2, 0.25) is 0 Å². The lowest BCUT2D eigenvalue weighted by Crippen LogP contribution is -1.96. The highest BCUT2D eigenvalue weighted by Gasteiger charge is 2.22. The molecule has 4 rings (SSSR count). The molecule has 0 fully saturated rings. The van der Waals surface area contributed by atoms with Gasteiger partial charge in [0.25, 0.3) is 0 Å². The van der Waals surface area contributed by atoms with E-state index in [9.17, 15) is 0 Å². The fourth-order valence-electron chi connectivity index (χ4n) is 2.71. The molecule has 0 aliphatic heterocycles. The van der Waals surface area contributed by atoms with E-state index < -0.39 is 0 Å². The van der Waals surface area contributed by atoms with Crippen LogP contribution in [0.25, 0.3) is 16.2 Å². The second-order valence-corrected chi connectivity index (χ2v) is 5.72. The molecular weight excluding hydrogens is 242 g/mol. The van der Waals surface area contributed by atoms with Crippen LogP contribution in [-0.2, 0) is 12.8 Å². The molecule has 2 heterocycles. The van der Waals surface area contributed by atoms with Gasteiger partial charge >= 0.3 is 0 Å². The first-order valence-corrected chi connectivity index (χ1v) is 7.00. The van der Waals surface area contributed by atoms with Crippen LogP contribution in [0.4, 0.5) is 5.82 Å². The van der Waals surface area contributed by atoms with Crippen LogP contribution in [0.15, 0.2) is 30.3 Å². The van der Waals surface area contributed by atoms with E-state index in [0.29, 0.717) is 0 Å². The molecule has 4 heteroatoms. The SMILES string of the molecule is Nc1c(-c2ccccc2)nc2sc3c(n12)CCC3. The molecule has 0 saturated carbocycles. The van der Waals surface area contributed by atoms with E-state index >= 15 is 0 Å². The maximum Gasteiger partial charge on any atom is 0.196 e. The summed E-state index contributed by atoms with van der Waals surface area (Å²) in [6, 6.07) is 10.2. The zero-order chi connectivity index (χ0) is 12.1. The molecule has 1 aliphatic carbocycles. The van der Waals surface area contributed by atoms with Gasteiger partial charge in [-0.25, -0.2) is 4.98 Å². The predicted molar refractivity (Wildman–Crippen MR) is 74.9 cm³/mol. The van der Waals surface area contributed by atoms with Gasteiger partial charge < -0.3 is 5.73 Å². The van der Waals surface area contributed by atoms with Gasteiger partial charge in [-0.1, -0.05) is 30.3 Å². The van der Waals surface area contributed by atoms with E-state index in [1.54, 1.807) is 11.3 Å². The highest BCUT2D eigenvalue weighted by molar-refractivity contribution is 7.17. The summed E-state index contributed by atoms with van der Waals surface area (Å²) in [6.45, 7) is 0. The lowest BCUT2D eigenvalue weighted by molar-refractivity contribution is 0.890. The van der Waals surface area contributed by atoms with E-state index in [-0.39, 0.29) is 0 Å². The standard InChI is InChI=1S/C14H13N3S/c15-13-12(9-5-2-1-3-6-9)16-14-17(13)10-7-4-8-11(10)18-14/h1-3,5-6H,4,7-8,15H2. The third-order valence-corrected chi connectivity index (χ3v) is 4.70. The molecule has 0 atom stereocenters. The van der Waals surface area contributed by atoms with E-state index in [2.05, 4.69) is 16.5 Å². The molecule has 1 aliphatic rings. The van der Waals surface area contributed by atoms with Gasteiger partial charge in [0.1, 0.15) is 11.5 Å². The Balaban J connectivity index is 1.99. The molecule has 90 valence electrons. The van der Waals surface area contributed by atoms with Crippen molar-refractivity contribution in [1.82, 2.24) is 9.38 Å².